The molecule has 0 spiro atoms. The van der Waals surface area contributed by atoms with Gasteiger partial charge in [0.15, 0.2) is 5.78 Å². The predicted molar refractivity (Wildman–Crippen MR) is 124 cm³/mol. The number of aryl methyl sites for hydroxylation is 2. The zero-order chi connectivity index (χ0) is 22.0. The summed E-state index contributed by atoms with van der Waals surface area (Å²) in [6.07, 6.45) is 2.92. The van der Waals surface area contributed by atoms with Gasteiger partial charge in [0.1, 0.15) is 0 Å². The van der Waals surface area contributed by atoms with Crippen molar-refractivity contribution in [3.63, 3.8) is 0 Å². The van der Waals surface area contributed by atoms with Gasteiger partial charge in [-0.1, -0.05) is 18.2 Å². The van der Waals surface area contributed by atoms with Gasteiger partial charge < -0.3 is 9.88 Å². The van der Waals surface area contributed by atoms with E-state index in [0.717, 1.165) is 48.3 Å². The topological polar surface area (TPSA) is 82.3 Å². The van der Waals surface area contributed by atoms with E-state index in [1.54, 1.807) is 13.0 Å². The van der Waals surface area contributed by atoms with Gasteiger partial charge in [-0.25, -0.2) is 13.1 Å². The minimum atomic E-state index is -3.64. The third-order valence-corrected chi connectivity index (χ3v) is 7.57. The standard InChI is InChI=1S/C24H29N3O3S/c1-3-27(18-9-5-4-6-10-18)14-8-13-25-31(29,30)23-16-21-19(15-17(23)2)24-20(26-21)11-7-12-22(24)28/h4-6,9-10,15-16,25-26H,3,7-8,11-14H2,1-2H3. The Bertz CT molecular complexity index is 1200. The SMILES string of the molecule is CCN(CCCNS(=O)(=O)c1cc2[nH]c3c(c2cc1C)C(=O)CCC3)c1ccccc1. The number of rotatable bonds is 8. The molecule has 1 aliphatic carbocycles. The normalized spacial score (nSPS) is 14.1. The van der Waals surface area contributed by atoms with Gasteiger partial charge in [-0.3, -0.25) is 4.79 Å². The van der Waals surface area contributed by atoms with Gasteiger partial charge in [0.05, 0.1) is 4.90 Å². The molecule has 164 valence electrons. The molecule has 1 aromatic heterocycles. The molecule has 0 radical (unpaired) electrons. The van der Waals surface area contributed by atoms with Crippen molar-refractivity contribution in [2.75, 3.05) is 24.5 Å². The number of fused-ring (bicyclic) bond motifs is 3. The fourth-order valence-electron chi connectivity index (χ4n) is 4.39. The number of nitrogens with zero attached hydrogens (tertiary/aromatic N) is 1. The summed E-state index contributed by atoms with van der Waals surface area (Å²) in [5.74, 6) is 0.138. The minimum absolute atomic E-state index is 0.138. The number of carbonyl (C=O) groups is 1. The highest BCUT2D eigenvalue weighted by molar-refractivity contribution is 7.89. The van der Waals surface area contributed by atoms with E-state index in [-0.39, 0.29) is 10.7 Å². The number of Topliss-reactive ketones (excluding diaryl/α,β-unsaturated/α-hetero) is 1. The molecular formula is C24H29N3O3S. The molecule has 0 aliphatic heterocycles. The fraction of sp³-hybridized carbons (Fsp3) is 0.375. The molecule has 0 unspecified atom stereocenters. The first-order valence-electron chi connectivity index (χ1n) is 10.9. The average Bonchev–Trinajstić information content (AvgIpc) is 3.12. The summed E-state index contributed by atoms with van der Waals surface area (Å²) in [7, 11) is -3.64. The Morgan fingerprint density at radius 1 is 1.13 bits per heavy atom. The molecule has 0 bridgehead atoms. The molecule has 0 amide bonds. The zero-order valence-corrected chi connectivity index (χ0v) is 18.9. The molecule has 1 heterocycles. The Morgan fingerprint density at radius 3 is 2.65 bits per heavy atom. The summed E-state index contributed by atoms with van der Waals surface area (Å²) in [4.78, 5) is 18.1. The molecule has 0 atom stereocenters. The molecule has 0 saturated heterocycles. The number of anilines is 1. The maximum absolute atomic E-state index is 13.0. The van der Waals surface area contributed by atoms with Crippen LogP contribution in [0, 0.1) is 6.92 Å². The van der Waals surface area contributed by atoms with Crippen molar-refractivity contribution in [2.24, 2.45) is 0 Å². The van der Waals surface area contributed by atoms with E-state index < -0.39 is 10.0 Å². The molecule has 7 heteroatoms. The molecule has 31 heavy (non-hydrogen) atoms. The van der Waals surface area contributed by atoms with Crippen molar-refractivity contribution in [1.29, 1.82) is 0 Å². The maximum Gasteiger partial charge on any atom is 0.240 e. The number of hydrogen-bond acceptors (Lipinski definition) is 4. The van der Waals surface area contributed by atoms with Crippen molar-refractivity contribution >= 4 is 32.4 Å². The van der Waals surface area contributed by atoms with Crippen molar-refractivity contribution in [1.82, 2.24) is 9.71 Å². The van der Waals surface area contributed by atoms with E-state index in [1.165, 1.54) is 0 Å². The quantitative estimate of drug-likeness (QED) is 0.516. The van der Waals surface area contributed by atoms with Crippen LogP contribution in [0.4, 0.5) is 5.69 Å². The number of hydrogen-bond donors (Lipinski definition) is 2. The van der Waals surface area contributed by atoms with Crippen molar-refractivity contribution in [3.8, 4) is 0 Å². The van der Waals surface area contributed by atoms with Crippen LogP contribution in [0.2, 0.25) is 0 Å². The summed E-state index contributed by atoms with van der Waals surface area (Å²) >= 11 is 0. The van der Waals surface area contributed by atoms with Gasteiger partial charge in [0.25, 0.3) is 0 Å². The number of aromatic nitrogens is 1. The first-order chi connectivity index (χ1) is 14.9. The molecule has 1 aliphatic rings. The first kappa shape index (κ1) is 21.6. The Kier molecular flexibility index (Phi) is 6.16. The second-order valence-electron chi connectivity index (χ2n) is 8.09. The van der Waals surface area contributed by atoms with Crippen LogP contribution in [-0.2, 0) is 16.4 Å². The Morgan fingerprint density at radius 2 is 1.90 bits per heavy atom. The maximum atomic E-state index is 13.0. The lowest BCUT2D eigenvalue weighted by Gasteiger charge is -2.23. The van der Waals surface area contributed by atoms with Crippen LogP contribution in [0.1, 0.15) is 47.8 Å². The van der Waals surface area contributed by atoms with E-state index in [0.29, 0.717) is 30.5 Å². The number of benzene rings is 2. The highest BCUT2D eigenvalue weighted by atomic mass is 32.2. The Balaban J connectivity index is 1.47. The van der Waals surface area contributed by atoms with Crippen LogP contribution >= 0.6 is 0 Å². The zero-order valence-electron chi connectivity index (χ0n) is 18.1. The van der Waals surface area contributed by atoms with E-state index in [1.807, 2.05) is 24.3 Å². The Hall–Kier alpha value is -2.64. The molecule has 2 aromatic carbocycles. The highest BCUT2D eigenvalue weighted by Gasteiger charge is 2.25. The first-order valence-corrected chi connectivity index (χ1v) is 12.4. The van der Waals surface area contributed by atoms with E-state index in [2.05, 4.69) is 33.7 Å². The smallest absolute Gasteiger partial charge is 0.240 e. The van der Waals surface area contributed by atoms with Gasteiger partial charge >= 0.3 is 0 Å². The van der Waals surface area contributed by atoms with Gasteiger partial charge in [0.2, 0.25) is 10.0 Å². The van der Waals surface area contributed by atoms with Crippen LogP contribution < -0.4 is 9.62 Å². The van der Waals surface area contributed by atoms with Crippen molar-refractivity contribution in [2.45, 2.75) is 44.4 Å². The third kappa shape index (κ3) is 4.38. The van der Waals surface area contributed by atoms with Crippen molar-refractivity contribution in [3.05, 3.63) is 59.3 Å². The van der Waals surface area contributed by atoms with E-state index in [9.17, 15) is 13.2 Å². The number of carbonyl (C=O) groups excluding carboxylic acids is 1. The third-order valence-electron chi connectivity index (χ3n) is 5.97. The molecule has 2 N–H and O–H groups in total. The minimum Gasteiger partial charge on any atom is -0.372 e. The lowest BCUT2D eigenvalue weighted by molar-refractivity contribution is 0.0974. The van der Waals surface area contributed by atoms with Crippen LogP contribution in [0.3, 0.4) is 0 Å². The summed E-state index contributed by atoms with van der Waals surface area (Å²) in [5, 5.41) is 0.831. The summed E-state index contributed by atoms with van der Waals surface area (Å²) in [5.41, 5.74) is 4.17. The number of nitrogens with one attached hydrogen (secondary N) is 2. The number of ketones is 1. The van der Waals surface area contributed by atoms with Crippen LogP contribution in [0.25, 0.3) is 10.9 Å². The van der Waals surface area contributed by atoms with Gasteiger partial charge in [-0.15, -0.1) is 0 Å². The molecule has 6 nitrogen and oxygen atoms in total. The molecule has 0 fully saturated rings. The lowest BCUT2D eigenvalue weighted by Crippen LogP contribution is -2.30. The van der Waals surface area contributed by atoms with Crippen LogP contribution in [-0.4, -0.2) is 38.8 Å². The summed E-state index contributed by atoms with van der Waals surface area (Å²) in [6, 6.07) is 13.6. The van der Waals surface area contributed by atoms with Crippen LogP contribution in [0.15, 0.2) is 47.4 Å². The lowest BCUT2D eigenvalue weighted by atomic mass is 9.94. The molecule has 4 rings (SSSR count). The number of H-pyrrole nitrogens is 1. The average molecular weight is 440 g/mol. The van der Waals surface area contributed by atoms with Crippen molar-refractivity contribution < 1.29 is 13.2 Å². The van der Waals surface area contributed by atoms with E-state index in [4.69, 9.17) is 0 Å². The second kappa shape index (κ2) is 8.85. The second-order valence-corrected chi connectivity index (χ2v) is 9.82. The van der Waals surface area contributed by atoms with Gasteiger partial charge in [-0.05, 0) is 62.9 Å². The molecule has 0 saturated carbocycles. The summed E-state index contributed by atoms with van der Waals surface area (Å²) in [6.45, 7) is 5.88. The van der Waals surface area contributed by atoms with E-state index >= 15 is 0 Å². The largest absolute Gasteiger partial charge is 0.372 e. The van der Waals surface area contributed by atoms with Crippen LogP contribution in [0.5, 0.6) is 0 Å². The molecular weight excluding hydrogens is 410 g/mol. The summed E-state index contributed by atoms with van der Waals surface area (Å²) < 4.78 is 28.7. The number of sulfonamides is 1. The van der Waals surface area contributed by atoms with Gasteiger partial charge in [-0.2, -0.15) is 0 Å². The monoisotopic (exact) mass is 439 g/mol. The predicted octanol–water partition coefficient (Wildman–Crippen LogP) is 4.19. The Labute approximate surface area is 183 Å². The molecule has 3 aromatic rings. The number of aromatic amines is 1. The fourth-order valence-corrected chi connectivity index (χ4v) is 5.72. The highest BCUT2D eigenvalue weighted by Crippen LogP contribution is 2.32. The number of para-hydroxylation sites is 1. The van der Waals surface area contributed by atoms with Gasteiger partial charge in [0, 0.05) is 53.9 Å².